The van der Waals surface area contributed by atoms with Crippen molar-refractivity contribution in [1.29, 1.82) is 0 Å². The Morgan fingerprint density at radius 2 is 1.81 bits per heavy atom. The van der Waals surface area contributed by atoms with E-state index in [1.54, 1.807) is 37.4 Å². The maximum Gasteiger partial charge on any atom is 0.175 e. The third-order valence-electron chi connectivity index (χ3n) is 3.18. The standard InChI is InChI=1S/C15H15Cl2NO2S/c1-18-15(13-7-6-11(16)9-14(13)17)10-4-3-5-12(8-10)21(2,19)20/h3-9,15,18H,1-2H3. The molecule has 0 aliphatic heterocycles. The minimum atomic E-state index is -3.25. The molecular formula is C15H15Cl2NO2S. The van der Waals surface area contributed by atoms with Gasteiger partial charge in [0.1, 0.15) is 0 Å². The summed E-state index contributed by atoms with van der Waals surface area (Å²) < 4.78 is 23.4. The van der Waals surface area contributed by atoms with E-state index < -0.39 is 9.84 Å². The van der Waals surface area contributed by atoms with Crippen LogP contribution >= 0.6 is 23.2 Å². The normalized spacial score (nSPS) is 13.1. The first-order valence-corrected chi connectivity index (χ1v) is 8.90. The fourth-order valence-corrected chi connectivity index (χ4v) is 3.36. The maximum absolute atomic E-state index is 11.7. The predicted octanol–water partition coefficient (Wildman–Crippen LogP) is 3.71. The van der Waals surface area contributed by atoms with Crippen LogP contribution in [0.15, 0.2) is 47.4 Å². The molecule has 21 heavy (non-hydrogen) atoms. The molecule has 3 nitrogen and oxygen atoms in total. The van der Waals surface area contributed by atoms with Gasteiger partial charge in [0.05, 0.1) is 10.9 Å². The number of nitrogens with one attached hydrogen (secondary N) is 1. The summed E-state index contributed by atoms with van der Waals surface area (Å²) in [6.45, 7) is 0. The summed E-state index contributed by atoms with van der Waals surface area (Å²) >= 11 is 12.2. The molecule has 0 radical (unpaired) electrons. The first-order valence-electron chi connectivity index (χ1n) is 6.25. The van der Waals surface area contributed by atoms with Gasteiger partial charge in [0.2, 0.25) is 0 Å². The SMILES string of the molecule is CNC(c1cccc(S(C)(=O)=O)c1)c1ccc(Cl)cc1Cl. The average Bonchev–Trinajstić information content (AvgIpc) is 2.41. The van der Waals surface area contributed by atoms with Crippen LogP contribution in [0, 0.1) is 0 Å². The largest absolute Gasteiger partial charge is 0.309 e. The van der Waals surface area contributed by atoms with Gasteiger partial charge in [-0.25, -0.2) is 8.42 Å². The molecule has 0 saturated heterocycles. The van der Waals surface area contributed by atoms with E-state index in [-0.39, 0.29) is 10.9 Å². The fourth-order valence-electron chi connectivity index (χ4n) is 2.16. The van der Waals surface area contributed by atoms with Crippen molar-refractivity contribution in [2.24, 2.45) is 0 Å². The van der Waals surface area contributed by atoms with E-state index in [2.05, 4.69) is 5.32 Å². The maximum atomic E-state index is 11.7. The monoisotopic (exact) mass is 343 g/mol. The van der Waals surface area contributed by atoms with Crippen LogP contribution in [0.25, 0.3) is 0 Å². The summed E-state index contributed by atoms with van der Waals surface area (Å²) in [4.78, 5) is 0.283. The summed E-state index contributed by atoms with van der Waals surface area (Å²) in [6, 6.07) is 11.9. The quantitative estimate of drug-likeness (QED) is 0.920. The molecule has 0 saturated carbocycles. The van der Waals surface area contributed by atoms with Gasteiger partial charge in [-0.15, -0.1) is 0 Å². The molecule has 1 N–H and O–H groups in total. The summed E-state index contributed by atoms with van der Waals surface area (Å²) in [6.07, 6.45) is 1.19. The molecular weight excluding hydrogens is 329 g/mol. The molecule has 2 aromatic carbocycles. The van der Waals surface area contributed by atoms with Crippen molar-refractivity contribution < 1.29 is 8.42 Å². The van der Waals surface area contributed by atoms with Crippen LogP contribution < -0.4 is 5.32 Å². The van der Waals surface area contributed by atoms with Crippen LogP contribution in [-0.2, 0) is 9.84 Å². The van der Waals surface area contributed by atoms with Crippen molar-refractivity contribution in [3.8, 4) is 0 Å². The number of hydrogen-bond donors (Lipinski definition) is 1. The molecule has 0 fully saturated rings. The van der Waals surface area contributed by atoms with Gasteiger partial charge in [0.15, 0.2) is 9.84 Å². The predicted molar refractivity (Wildman–Crippen MR) is 86.9 cm³/mol. The molecule has 0 aromatic heterocycles. The van der Waals surface area contributed by atoms with E-state index in [9.17, 15) is 8.42 Å². The van der Waals surface area contributed by atoms with Crippen LogP contribution in [-0.4, -0.2) is 21.7 Å². The third-order valence-corrected chi connectivity index (χ3v) is 4.85. The summed E-state index contributed by atoms with van der Waals surface area (Å²) in [5.74, 6) is 0. The Morgan fingerprint density at radius 3 is 2.38 bits per heavy atom. The molecule has 2 rings (SSSR count). The third kappa shape index (κ3) is 3.77. The Hall–Kier alpha value is -1.07. The first kappa shape index (κ1) is 16.3. The lowest BCUT2D eigenvalue weighted by molar-refractivity contribution is 0.601. The van der Waals surface area contributed by atoms with Crippen molar-refractivity contribution in [3.05, 3.63) is 63.6 Å². The van der Waals surface area contributed by atoms with E-state index in [0.717, 1.165) is 11.1 Å². The summed E-state index contributed by atoms with van der Waals surface area (Å²) in [5.41, 5.74) is 1.67. The van der Waals surface area contributed by atoms with Crippen molar-refractivity contribution in [2.75, 3.05) is 13.3 Å². The molecule has 112 valence electrons. The number of hydrogen-bond acceptors (Lipinski definition) is 3. The Bertz CT molecular complexity index is 760. The number of benzene rings is 2. The zero-order valence-corrected chi connectivity index (χ0v) is 13.9. The fraction of sp³-hybridized carbons (Fsp3) is 0.200. The van der Waals surface area contributed by atoms with Gasteiger partial charge in [0.25, 0.3) is 0 Å². The van der Waals surface area contributed by atoms with E-state index in [0.29, 0.717) is 10.0 Å². The van der Waals surface area contributed by atoms with Crippen molar-refractivity contribution in [2.45, 2.75) is 10.9 Å². The molecule has 2 aromatic rings. The minimum absolute atomic E-state index is 0.212. The van der Waals surface area contributed by atoms with E-state index in [1.165, 1.54) is 6.26 Å². The van der Waals surface area contributed by atoms with E-state index in [1.807, 2.05) is 12.1 Å². The molecule has 0 amide bonds. The number of halogens is 2. The Balaban J connectivity index is 2.51. The van der Waals surface area contributed by atoms with Gasteiger partial charge >= 0.3 is 0 Å². The lowest BCUT2D eigenvalue weighted by Crippen LogP contribution is -2.18. The second kappa shape index (κ2) is 6.36. The number of sulfone groups is 1. The van der Waals surface area contributed by atoms with Gasteiger partial charge in [-0.1, -0.05) is 41.4 Å². The lowest BCUT2D eigenvalue weighted by Gasteiger charge is -2.19. The van der Waals surface area contributed by atoms with Crippen LogP contribution in [0.4, 0.5) is 0 Å². The number of rotatable bonds is 4. The van der Waals surface area contributed by atoms with Crippen LogP contribution in [0.3, 0.4) is 0 Å². The Kier molecular flexibility index (Phi) is 4.94. The molecule has 0 aliphatic rings. The van der Waals surface area contributed by atoms with Gasteiger partial charge in [0, 0.05) is 16.3 Å². The average molecular weight is 344 g/mol. The van der Waals surface area contributed by atoms with Crippen LogP contribution in [0.5, 0.6) is 0 Å². The minimum Gasteiger partial charge on any atom is -0.309 e. The van der Waals surface area contributed by atoms with Gasteiger partial charge < -0.3 is 5.32 Å². The highest BCUT2D eigenvalue weighted by molar-refractivity contribution is 7.90. The van der Waals surface area contributed by atoms with Gasteiger partial charge in [-0.2, -0.15) is 0 Å². The van der Waals surface area contributed by atoms with Crippen LogP contribution in [0.1, 0.15) is 17.2 Å². The summed E-state index contributed by atoms with van der Waals surface area (Å²) in [5, 5.41) is 4.24. The topological polar surface area (TPSA) is 46.2 Å². The highest BCUT2D eigenvalue weighted by atomic mass is 35.5. The lowest BCUT2D eigenvalue weighted by atomic mass is 9.99. The Labute approximate surface area is 134 Å². The van der Waals surface area contributed by atoms with Crippen molar-refractivity contribution in [1.82, 2.24) is 5.32 Å². The van der Waals surface area contributed by atoms with Gasteiger partial charge in [-0.3, -0.25) is 0 Å². The van der Waals surface area contributed by atoms with E-state index >= 15 is 0 Å². The molecule has 6 heteroatoms. The highest BCUT2D eigenvalue weighted by Gasteiger charge is 2.17. The molecule has 0 heterocycles. The second-order valence-electron chi connectivity index (χ2n) is 4.73. The highest BCUT2D eigenvalue weighted by Crippen LogP contribution is 2.31. The van der Waals surface area contributed by atoms with Crippen molar-refractivity contribution in [3.63, 3.8) is 0 Å². The molecule has 0 bridgehead atoms. The van der Waals surface area contributed by atoms with E-state index in [4.69, 9.17) is 23.2 Å². The second-order valence-corrected chi connectivity index (χ2v) is 7.59. The molecule has 1 unspecified atom stereocenters. The molecule has 0 spiro atoms. The Morgan fingerprint density at radius 1 is 1.10 bits per heavy atom. The molecule has 1 atom stereocenters. The first-order chi connectivity index (χ1) is 9.82. The summed E-state index contributed by atoms with van der Waals surface area (Å²) in [7, 11) is -1.45. The van der Waals surface area contributed by atoms with Gasteiger partial charge in [-0.05, 0) is 42.4 Å². The smallest absolute Gasteiger partial charge is 0.175 e. The zero-order valence-electron chi connectivity index (χ0n) is 11.6. The van der Waals surface area contributed by atoms with Crippen molar-refractivity contribution >= 4 is 33.0 Å². The van der Waals surface area contributed by atoms with Crippen LogP contribution in [0.2, 0.25) is 10.0 Å². The zero-order chi connectivity index (χ0) is 15.6. The molecule has 0 aliphatic carbocycles.